The van der Waals surface area contributed by atoms with Gasteiger partial charge in [-0.15, -0.1) is 5.10 Å². The Bertz CT molecular complexity index is 1160. The number of likely N-dealkylation sites (tertiary alicyclic amines) is 1. The van der Waals surface area contributed by atoms with E-state index in [1.54, 1.807) is 25.3 Å². The van der Waals surface area contributed by atoms with Gasteiger partial charge >= 0.3 is 6.18 Å². The highest BCUT2D eigenvalue weighted by Crippen LogP contribution is 2.40. The molecule has 1 amide bonds. The van der Waals surface area contributed by atoms with E-state index in [-0.39, 0.29) is 36.5 Å². The van der Waals surface area contributed by atoms with E-state index in [0.29, 0.717) is 11.2 Å². The molecule has 1 aliphatic heterocycles. The smallest absolute Gasteiger partial charge is 0.367 e. The zero-order chi connectivity index (χ0) is 21.7. The first-order valence-electron chi connectivity index (χ1n) is 9.21. The first kappa shape index (κ1) is 20.1. The summed E-state index contributed by atoms with van der Waals surface area (Å²) in [4.78, 5) is 28.9. The van der Waals surface area contributed by atoms with Crippen LogP contribution in [0.4, 0.5) is 13.2 Å². The fourth-order valence-corrected chi connectivity index (χ4v) is 3.74. The lowest BCUT2D eigenvalue weighted by molar-refractivity contribution is -0.280. The number of ether oxygens (including phenoxy) is 1. The van der Waals surface area contributed by atoms with E-state index >= 15 is 0 Å². The van der Waals surface area contributed by atoms with E-state index in [1.807, 2.05) is 0 Å². The molecule has 12 heteroatoms. The number of H-pyrrole nitrogens is 1. The first-order chi connectivity index (χ1) is 14.2. The number of nitrogens with one attached hydrogen (secondary N) is 1. The summed E-state index contributed by atoms with van der Waals surface area (Å²) >= 11 is 0. The molecule has 4 heterocycles. The second kappa shape index (κ2) is 6.97. The number of aromatic amines is 1. The fraction of sp³-hybridized carbons (Fsp3) is 0.444. The van der Waals surface area contributed by atoms with Crippen LogP contribution in [0.15, 0.2) is 29.3 Å². The van der Waals surface area contributed by atoms with Crippen LogP contribution in [0.2, 0.25) is 0 Å². The number of aromatic nitrogens is 5. The summed E-state index contributed by atoms with van der Waals surface area (Å²) < 4.78 is 48.1. The molecule has 0 aromatic carbocycles. The Kier molecular flexibility index (Phi) is 4.68. The van der Waals surface area contributed by atoms with Gasteiger partial charge in [0, 0.05) is 19.9 Å². The third kappa shape index (κ3) is 3.07. The van der Waals surface area contributed by atoms with Crippen molar-refractivity contribution in [2.45, 2.75) is 31.5 Å². The van der Waals surface area contributed by atoms with Crippen molar-refractivity contribution in [1.29, 1.82) is 0 Å². The molecule has 0 radical (unpaired) electrons. The Balaban J connectivity index is 1.66. The average Bonchev–Trinajstić information content (AvgIpc) is 3.33. The fourth-order valence-electron chi connectivity index (χ4n) is 3.74. The maximum Gasteiger partial charge on any atom is 0.419 e. The van der Waals surface area contributed by atoms with Crippen molar-refractivity contribution in [3.05, 3.63) is 46.1 Å². The van der Waals surface area contributed by atoms with E-state index in [4.69, 9.17) is 4.74 Å². The topological polar surface area (TPSA) is 97.5 Å². The summed E-state index contributed by atoms with van der Waals surface area (Å²) in [7, 11) is 1.00. The number of amides is 1. The zero-order valence-electron chi connectivity index (χ0n) is 16.2. The Morgan fingerprint density at radius 3 is 2.83 bits per heavy atom. The van der Waals surface area contributed by atoms with Gasteiger partial charge in [0.05, 0.1) is 24.0 Å². The second-order valence-electron chi connectivity index (χ2n) is 7.20. The number of carbonyl (C=O) groups excluding carboxylic acids is 1. The summed E-state index contributed by atoms with van der Waals surface area (Å²) in [5.74, 6) is -0.506. The summed E-state index contributed by atoms with van der Waals surface area (Å²) in [5.41, 5.74) is -1.97. The molecule has 1 atom stereocenters. The minimum atomic E-state index is -4.60. The molecule has 30 heavy (non-hydrogen) atoms. The lowest BCUT2D eigenvalue weighted by Gasteiger charge is -2.42. The Morgan fingerprint density at radius 2 is 2.13 bits per heavy atom. The van der Waals surface area contributed by atoms with E-state index < -0.39 is 24.2 Å². The first-order valence-corrected chi connectivity index (χ1v) is 9.21. The molecule has 0 spiro atoms. The number of rotatable bonds is 3. The lowest BCUT2D eigenvalue weighted by Crippen LogP contribution is -2.59. The van der Waals surface area contributed by atoms with E-state index in [1.165, 1.54) is 15.4 Å². The van der Waals surface area contributed by atoms with Crippen LogP contribution in [0.1, 0.15) is 28.9 Å². The molecule has 3 aromatic heterocycles. The number of halogens is 3. The minimum absolute atomic E-state index is 0.0837. The van der Waals surface area contributed by atoms with Gasteiger partial charge in [-0.25, -0.2) is 9.20 Å². The van der Waals surface area contributed by atoms with Crippen LogP contribution in [-0.4, -0.2) is 67.2 Å². The molecule has 1 aliphatic rings. The maximum absolute atomic E-state index is 13.6. The van der Waals surface area contributed by atoms with Crippen molar-refractivity contribution in [3.8, 4) is 5.95 Å². The number of carbonyl (C=O) groups is 1. The van der Waals surface area contributed by atoms with E-state index in [0.717, 1.165) is 12.0 Å². The standard InChI is InChI=1S/C18H19F3N6O3/c1-11-12(15(29)25-7-4-6-17(10-25,30-2)18(19,20)21)9-22-27(11)16-23-14(28)13-5-3-8-26(13)24-16/h3,5,8-9H,4,6-7,10H2,1-2H3,(H,23,24,28). The molecule has 1 fully saturated rings. The molecule has 3 aromatic rings. The molecular weight excluding hydrogens is 405 g/mol. The summed E-state index contributed by atoms with van der Waals surface area (Å²) in [6.45, 7) is 1.16. The average molecular weight is 424 g/mol. The predicted octanol–water partition coefficient (Wildman–Crippen LogP) is 1.70. The van der Waals surface area contributed by atoms with Gasteiger partial charge in [0.2, 0.25) is 5.95 Å². The molecule has 0 bridgehead atoms. The third-order valence-corrected chi connectivity index (χ3v) is 5.48. The van der Waals surface area contributed by atoms with Gasteiger partial charge in [-0.1, -0.05) is 0 Å². The molecule has 1 unspecified atom stereocenters. The summed E-state index contributed by atoms with van der Waals surface area (Å²) in [5, 5.41) is 8.36. The molecule has 160 valence electrons. The van der Waals surface area contributed by atoms with Gasteiger partial charge in [0.15, 0.2) is 5.60 Å². The number of methoxy groups -OCH3 is 1. The van der Waals surface area contributed by atoms with Crippen LogP contribution in [0.25, 0.3) is 11.5 Å². The van der Waals surface area contributed by atoms with Crippen molar-refractivity contribution >= 4 is 11.4 Å². The molecule has 9 nitrogen and oxygen atoms in total. The number of hydrogen-bond donors (Lipinski definition) is 1. The van der Waals surface area contributed by atoms with Crippen molar-refractivity contribution in [3.63, 3.8) is 0 Å². The van der Waals surface area contributed by atoms with Crippen LogP contribution in [0.3, 0.4) is 0 Å². The number of nitrogens with zero attached hydrogens (tertiary/aromatic N) is 5. The maximum atomic E-state index is 13.6. The molecule has 4 rings (SSSR count). The van der Waals surface area contributed by atoms with Crippen LogP contribution in [0.5, 0.6) is 0 Å². The van der Waals surface area contributed by atoms with Gasteiger partial charge in [0.25, 0.3) is 11.5 Å². The highest BCUT2D eigenvalue weighted by Gasteiger charge is 2.57. The minimum Gasteiger partial charge on any atom is -0.367 e. The van der Waals surface area contributed by atoms with Crippen molar-refractivity contribution in [1.82, 2.24) is 29.3 Å². The monoisotopic (exact) mass is 424 g/mol. The molecule has 1 N–H and O–H groups in total. The van der Waals surface area contributed by atoms with Crippen LogP contribution in [-0.2, 0) is 4.74 Å². The second-order valence-corrected chi connectivity index (χ2v) is 7.20. The van der Waals surface area contributed by atoms with Gasteiger partial charge < -0.3 is 9.64 Å². The highest BCUT2D eigenvalue weighted by molar-refractivity contribution is 5.95. The molecule has 0 saturated carbocycles. The molecular formula is C18H19F3N6O3. The van der Waals surface area contributed by atoms with Gasteiger partial charge in [0.1, 0.15) is 5.52 Å². The molecule has 1 saturated heterocycles. The van der Waals surface area contributed by atoms with Gasteiger partial charge in [-0.3, -0.25) is 14.6 Å². The largest absolute Gasteiger partial charge is 0.419 e. The Morgan fingerprint density at radius 1 is 1.37 bits per heavy atom. The van der Waals surface area contributed by atoms with Crippen molar-refractivity contribution in [2.24, 2.45) is 0 Å². The van der Waals surface area contributed by atoms with E-state index in [2.05, 4.69) is 15.2 Å². The number of alkyl halides is 3. The van der Waals surface area contributed by atoms with Crippen LogP contribution in [0, 0.1) is 6.92 Å². The number of fused-ring (bicyclic) bond motifs is 1. The summed E-state index contributed by atoms with van der Waals surface area (Å²) in [6.07, 6.45) is -1.81. The zero-order valence-corrected chi connectivity index (χ0v) is 16.2. The Labute approximate surface area is 168 Å². The number of piperidine rings is 1. The normalized spacial score (nSPS) is 20.1. The SMILES string of the molecule is COC1(C(F)(F)F)CCCN(C(=O)c2cnn(-c3nn4cccc4c(=O)[nH]3)c2C)C1. The van der Waals surface area contributed by atoms with Gasteiger partial charge in [-0.2, -0.15) is 18.3 Å². The van der Waals surface area contributed by atoms with Crippen LogP contribution >= 0.6 is 0 Å². The molecule has 0 aliphatic carbocycles. The van der Waals surface area contributed by atoms with E-state index in [9.17, 15) is 22.8 Å². The van der Waals surface area contributed by atoms with Gasteiger partial charge in [-0.05, 0) is 31.9 Å². The highest BCUT2D eigenvalue weighted by atomic mass is 19.4. The van der Waals surface area contributed by atoms with Crippen molar-refractivity contribution in [2.75, 3.05) is 20.2 Å². The van der Waals surface area contributed by atoms with Crippen LogP contribution < -0.4 is 5.56 Å². The van der Waals surface area contributed by atoms with Crippen molar-refractivity contribution < 1.29 is 22.7 Å². The Hall–Kier alpha value is -3.15. The predicted molar refractivity (Wildman–Crippen MR) is 98.6 cm³/mol. The summed E-state index contributed by atoms with van der Waals surface area (Å²) in [6, 6.07) is 3.25. The quantitative estimate of drug-likeness (QED) is 0.690. The third-order valence-electron chi connectivity index (χ3n) is 5.48. The lowest BCUT2D eigenvalue weighted by atomic mass is 9.91. The number of hydrogen-bond acceptors (Lipinski definition) is 5.